The van der Waals surface area contributed by atoms with Crippen molar-refractivity contribution in [1.29, 1.82) is 0 Å². The summed E-state index contributed by atoms with van der Waals surface area (Å²) in [5.74, 6) is 0. The maximum Gasteiger partial charge on any atom is 0.0896 e. The third-order valence-electron chi connectivity index (χ3n) is 4.89. The molecule has 4 aromatic carbocycles. The van der Waals surface area contributed by atoms with Gasteiger partial charge in [-0.3, -0.25) is 0 Å². The van der Waals surface area contributed by atoms with Crippen LogP contribution in [0, 0.1) is 0 Å². The first kappa shape index (κ1) is 16.7. The van der Waals surface area contributed by atoms with E-state index in [2.05, 4.69) is 89.6 Å². The zero-order valence-electron chi connectivity index (χ0n) is 15.4. The van der Waals surface area contributed by atoms with Gasteiger partial charge in [0.2, 0.25) is 0 Å². The SMILES string of the molecule is CN(C)CCCN=C=NCc1ccc2ccc3cccc4ccc1c2c34. The molecule has 0 spiro atoms. The molecule has 4 rings (SSSR count). The highest BCUT2D eigenvalue weighted by molar-refractivity contribution is 6.23. The molecule has 0 fully saturated rings. The van der Waals surface area contributed by atoms with Crippen molar-refractivity contribution >= 4 is 38.3 Å². The summed E-state index contributed by atoms with van der Waals surface area (Å²) in [5, 5.41) is 7.86. The summed E-state index contributed by atoms with van der Waals surface area (Å²) in [6.45, 7) is 2.44. The minimum absolute atomic E-state index is 0.616. The van der Waals surface area contributed by atoms with E-state index >= 15 is 0 Å². The number of hydrogen-bond acceptors (Lipinski definition) is 3. The maximum absolute atomic E-state index is 4.41. The molecule has 0 heterocycles. The molecular formula is C23H23N3. The van der Waals surface area contributed by atoms with Crippen LogP contribution in [0.15, 0.2) is 64.6 Å². The van der Waals surface area contributed by atoms with Gasteiger partial charge in [0.25, 0.3) is 0 Å². The first-order chi connectivity index (χ1) is 12.7. The predicted molar refractivity (Wildman–Crippen MR) is 112 cm³/mol. The lowest BCUT2D eigenvalue weighted by Crippen LogP contribution is -2.13. The van der Waals surface area contributed by atoms with Gasteiger partial charge < -0.3 is 4.90 Å². The van der Waals surface area contributed by atoms with Crippen molar-refractivity contribution in [3.8, 4) is 0 Å². The molecule has 130 valence electrons. The predicted octanol–water partition coefficient (Wildman–Crippen LogP) is 5.21. The molecule has 0 radical (unpaired) electrons. The zero-order chi connectivity index (χ0) is 17.9. The smallest absolute Gasteiger partial charge is 0.0896 e. The molecule has 0 unspecified atom stereocenters. The van der Waals surface area contributed by atoms with Gasteiger partial charge in [-0.15, -0.1) is 0 Å². The van der Waals surface area contributed by atoms with Gasteiger partial charge in [-0.1, -0.05) is 54.6 Å². The second-order valence-corrected chi connectivity index (χ2v) is 7.04. The minimum atomic E-state index is 0.616. The lowest BCUT2D eigenvalue weighted by atomic mass is 9.92. The highest BCUT2D eigenvalue weighted by Gasteiger charge is 2.10. The monoisotopic (exact) mass is 341 g/mol. The molecule has 3 nitrogen and oxygen atoms in total. The summed E-state index contributed by atoms with van der Waals surface area (Å²) >= 11 is 0. The first-order valence-corrected chi connectivity index (χ1v) is 9.12. The van der Waals surface area contributed by atoms with Gasteiger partial charge in [-0.2, -0.15) is 0 Å². The summed E-state index contributed by atoms with van der Waals surface area (Å²) in [6.07, 6.45) is 1.04. The van der Waals surface area contributed by atoms with E-state index < -0.39 is 0 Å². The van der Waals surface area contributed by atoms with Crippen LogP contribution >= 0.6 is 0 Å². The van der Waals surface area contributed by atoms with Crippen LogP contribution < -0.4 is 0 Å². The lowest BCUT2D eigenvalue weighted by Gasteiger charge is -2.12. The van der Waals surface area contributed by atoms with Crippen LogP contribution in [0.3, 0.4) is 0 Å². The summed E-state index contributed by atoms with van der Waals surface area (Å²) in [4.78, 5) is 10.9. The molecule has 0 atom stereocenters. The number of rotatable bonds is 6. The van der Waals surface area contributed by atoms with E-state index in [0.717, 1.165) is 19.5 Å². The second-order valence-electron chi connectivity index (χ2n) is 7.04. The summed E-state index contributed by atoms with van der Waals surface area (Å²) in [6, 6.07) is 22.6. The number of aliphatic imine (C=N–C) groups is 2. The van der Waals surface area contributed by atoms with E-state index in [4.69, 9.17) is 0 Å². The molecule has 0 aromatic heterocycles. The van der Waals surface area contributed by atoms with E-state index in [1.165, 1.54) is 37.9 Å². The van der Waals surface area contributed by atoms with Gasteiger partial charge >= 0.3 is 0 Å². The van der Waals surface area contributed by atoms with Gasteiger partial charge in [0.05, 0.1) is 19.1 Å². The minimum Gasteiger partial charge on any atom is -0.309 e. The van der Waals surface area contributed by atoms with Crippen molar-refractivity contribution in [3.63, 3.8) is 0 Å². The molecule has 4 aromatic rings. The Morgan fingerprint density at radius 1 is 0.808 bits per heavy atom. The number of nitrogens with zero attached hydrogens (tertiary/aromatic N) is 3. The molecule has 26 heavy (non-hydrogen) atoms. The molecule has 0 aliphatic rings. The Bertz CT molecular complexity index is 1090. The molecule has 3 heteroatoms. The Morgan fingerprint density at radius 3 is 2.27 bits per heavy atom. The van der Waals surface area contributed by atoms with E-state index in [0.29, 0.717) is 6.54 Å². The van der Waals surface area contributed by atoms with Crippen molar-refractivity contribution in [2.75, 3.05) is 27.2 Å². The van der Waals surface area contributed by atoms with Crippen molar-refractivity contribution in [3.05, 3.63) is 60.2 Å². The maximum atomic E-state index is 4.41. The second kappa shape index (κ2) is 7.25. The molecule has 0 aliphatic heterocycles. The molecular weight excluding hydrogens is 318 g/mol. The van der Waals surface area contributed by atoms with E-state index in [1.807, 2.05) is 0 Å². The molecule has 0 saturated heterocycles. The molecule has 0 aliphatic carbocycles. The standard InChI is InChI=1S/C23H23N3/c1-26(2)14-4-13-24-16-25-15-20-10-9-19-8-7-17-5-3-6-18-11-12-21(20)23(19)22(17)18/h3,5-12H,4,13-15H2,1-2H3. The Morgan fingerprint density at radius 2 is 1.50 bits per heavy atom. The summed E-state index contributed by atoms with van der Waals surface area (Å²) in [5.41, 5.74) is 1.23. The van der Waals surface area contributed by atoms with Gasteiger partial charge in [0, 0.05) is 0 Å². The quantitative estimate of drug-likeness (QED) is 0.269. The Hall–Kier alpha value is -2.74. The Labute approximate surface area is 154 Å². The van der Waals surface area contributed by atoms with E-state index in [9.17, 15) is 0 Å². The highest BCUT2D eigenvalue weighted by Crippen LogP contribution is 2.35. The van der Waals surface area contributed by atoms with Crippen LogP contribution in [0.5, 0.6) is 0 Å². The van der Waals surface area contributed by atoms with Crippen LogP contribution in [0.25, 0.3) is 32.3 Å². The average molecular weight is 341 g/mol. The Balaban J connectivity index is 1.65. The third kappa shape index (κ3) is 3.20. The lowest BCUT2D eigenvalue weighted by molar-refractivity contribution is 0.403. The molecule has 0 N–H and O–H groups in total. The van der Waals surface area contributed by atoms with E-state index in [1.54, 1.807) is 0 Å². The van der Waals surface area contributed by atoms with Crippen molar-refractivity contribution in [2.24, 2.45) is 9.98 Å². The van der Waals surface area contributed by atoms with Crippen LogP contribution in [0.2, 0.25) is 0 Å². The average Bonchev–Trinajstić information content (AvgIpc) is 2.66. The van der Waals surface area contributed by atoms with Crippen molar-refractivity contribution < 1.29 is 0 Å². The normalized spacial score (nSPS) is 11.5. The number of hydrogen-bond donors (Lipinski definition) is 0. The Kier molecular flexibility index (Phi) is 4.66. The van der Waals surface area contributed by atoms with Gasteiger partial charge in [-0.05, 0) is 64.9 Å². The summed E-state index contributed by atoms with van der Waals surface area (Å²) < 4.78 is 0. The topological polar surface area (TPSA) is 28.0 Å². The summed E-state index contributed by atoms with van der Waals surface area (Å²) in [7, 11) is 4.15. The van der Waals surface area contributed by atoms with Gasteiger partial charge in [0.15, 0.2) is 0 Å². The fourth-order valence-electron chi connectivity index (χ4n) is 3.62. The zero-order valence-corrected chi connectivity index (χ0v) is 15.4. The van der Waals surface area contributed by atoms with Crippen LogP contribution in [-0.4, -0.2) is 38.1 Å². The molecule has 0 amide bonds. The fourth-order valence-corrected chi connectivity index (χ4v) is 3.62. The van der Waals surface area contributed by atoms with Crippen LogP contribution in [0.4, 0.5) is 0 Å². The van der Waals surface area contributed by atoms with Crippen LogP contribution in [0.1, 0.15) is 12.0 Å². The number of benzene rings is 4. The largest absolute Gasteiger partial charge is 0.309 e. The van der Waals surface area contributed by atoms with Crippen molar-refractivity contribution in [2.45, 2.75) is 13.0 Å². The van der Waals surface area contributed by atoms with Gasteiger partial charge in [-0.25, -0.2) is 9.98 Å². The third-order valence-corrected chi connectivity index (χ3v) is 4.89. The van der Waals surface area contributed by atoms with Crippen LogP contribution in [-0.2, 0) is 6.54 Å². The first-order valence-electron chi connectivity index (χ1n) is 9.12. The van der Waals surface area contributed by atoms with Gasteiger partial charge in [0.1, 0.15) is 0 Å². The molecule has 0 saturated carbocycles. The molecule has 0 bridgehead atoms. The highest BCUT2D eigenvalue weighted by atomic mass is 15.0. The fraction of sp³-hybridized carbons (Fsp3) is 0.261. The van der Waals surface area contributed by atoms with E-state index in [-0.39, 0.29) is 0 Å². The van der Waals surface area contributed by atoms with Crippen molar-refractivity contribution in [1.82, 2.24) is 4.90 Å².